The molecule has 0 fully saturated rings. The van der Waals surface area contributed by atoms with Crippen molar-refractivity contribution in [3.63, 3.8) is 0 Å². The van der Waals surface area contributed by atoms with E-state index in [0.717, 1.165) is 12.4 Å². The third kappa shape index (κ3) is 1.37. The van der Waals surface area contributed by atoms with Gasteiger partial charge in [0.1, 0.15) is 5.82 Å². The maximum absolute atomic E-state index is 11.9. The van der Waals surface area contributed by atoms with Crippen molar-refractivity contribution in [3.05, 3.63) is 22.6 Å². The van der Waals surface area contributed by atoms with Crippen LogP contribution in [0.4, 0.5) is 0 Å². The van der Waals surface area contributed by atoms with Crippen molar-refractivity contribution in [3.8, 4) is 0 Å². The van der Waals surface area contributed by atoms with Crippen molar-refractivity contribution >= 4 is 34.1 Å². The molecule has 0 aromatic carbocycles. The van der Waals surface area contributed by atoms with Gasteiger partial charge in [-0.3, -0.25) is 9.36 Å². The van der Waals surface area contributed by atoms with Crippen molar-refractivity contribution < 1.29 is 4.42 Å². The Hall–Kier alpha value is -0.960. The normalized spacial score (nSPS) is 16.9. The molecule has 78 valence electrons. The number of aromatic nitrogens is 3. The summed E-state index contributed by atoms with van der Waals surface area (Å²) >= 11 is 2.22. The lowest BCUT2D eigenvalue weighted by Gasteiger charge is -2.22. The summed E-state index contributed by atoms with van der Waals surface area (Å²) in [7, 11) is 0. The van der Waals surface area contributed by atoms with E-state index in [-0.39, 0.29) is 11.1 Å². The second kappa shape index (κ2) is 3.27. The minimum atomic E-state index is -0.128. The summed E-state index contributed by atoms with van der Waals surface area (Å²) in [6.07, 6.45) is 1.26. The topological polar surface area (TPSA) is 64.2 Å². The largest absolute Gasteiger partial charge is 0.436 e. The van der Waals surface area contributed by atoms with Gasteiger partial charge in [-0.25, -0.2) is 8.10 Å². The number of hydrogen-bond donors (Lipinski definition) is 0. The predicted octanol–water partition coefficient (Wildman–Crippen LogP) is 0.550. The Balaban J connectivity index is 2.33. The molecular weight excluding hydrogens is 311 g/mol. The number of fused-ring (bicyclic) bond motifs is 2. The summed E-state index contributed by atoms with van der Waals surface area (Å²) in [5.41, 5.74) is 0.524. The van der Waals surface area contributed by atoms with Crippen molar-refractivity contribution in [2.45, 2.75) is 13.1 Å². The Kier molecular flexibility index (Phi) is 2.02. The maximum Gasteiger partial charge on any atom is 0.299 e. The Labute approximate surface area is 98.4 Å². The van der Waals surface area contributed by atoms with Crippen LogP contribution in [0.15, 0.2) is 15.6 Å². The number of rotatable bonds is 0. The molecule has 0 radical (unpaired) electrons. The van der Waals surface area contributed by atoms with Crippen LogP contribution in [0.1, 0.15) is 5.82 Å². The molecule has 0 saturated heterocycles. The molecule has 0 saturated carbocycles. The molecule has 0 N–H and O–H groups in total. The zero-order chi connectivity index (χ0) is 10.4. The lowest BCUT2D eigenvalue weighted by atomic mass is 10.4. The van der Waals surface area contributed by atoms with Crippen LogP contribution in [-0.4, -0.2) is 24.2 Å². The van der Waals surface area contributed by atoms with Crippen molar-refractivity contribution in [1.29, 1.82) is 0 Å². The number of oxazole rings is 1. The summed E-state index contributed by atoms with van der Waals surface area (Å²) in [4.78, 5) is 20.1. The SMILES string of the molecule is O=c1c2ocnc2nc2n1CCN(I)C2. The van der Waals surface area contributed by atoms with Gasteiger partial charge in [-0.05, 0) is 0 Å². The molecule has 1 aliphatic rings. The van der Waals surface area contributed by atoms with Crippen LogP contribution in [0.25, 0.3) is 11.2 Å². The lowest BCUT2D eigenvalue weighted by molar-refractivity contribution is 0.381. The van der Waals surface area contributed by atoms with E-state index in [1.807, 2.05) is 0 Å². The molecule has 3 rings (SSSR count). The molecule has 0 atom stereocenters. The monoisotopic (exact) mass is 318 g/mol. The lowest BCUT2D eigenvalue weighted by Crippen LogP contribution is -2.35. The average molecular weight is 318 g/mol. The highest BCUT2D eigenvalue weighted by Gasteiger charge is 2.19. The molecule has 6 nitrogen and oxygen atoms in total. The fourth-order valence-corrected chi connectivity index (χ4v) is 2.20. The van der Waals surface area contributed by atoms with Gasteiger partial charge in [-0.2, -0.15) is 4.98 Å². The van der Waals surface area contributed by atoms with E-state index in [9.17, 15) is 4.79 Å². The van der Waals surface area contributed by atoms with Crippen LogP contribution in [-0.2, 0) is 13.1 Å². The highest BCUT2D eigenvalue weighted by molar-refractivity contribution is 14.1. The van der Waals surface area contributed by atoms with Crippen LogP contribution >= 0.6 is 22.9 Å². The Bertz CT molecular complexity index is 576. The van der Waals surface area contributed by atoms with Crippen molar-refractivity contribution in [2.75, 3.05) is 6.54 Å². The zero-order valence-corrected chi connectivity index (χ0v) is 9.84. The second-order valence-corrected chi connectivity index (χ2v) is 4.70. The van der Waals surface area contributed by atoms with Crippen LogP contribution in [0.2, 0.25) is 0 Å². The van der Waals surface area contributed by atoms with E-state index in [2.05, 4.69) is 35.9 Å². The summed E-state index contributed by atoms with van der Waals surface area (Å²) < 4.78 is 8.76. The van der Waals surface area contributed by atoms with Gasteiger partial charge in [0.15, 0.2) is 6.39 Å². The minimum Gasteiger partial charge on any atom is -0.436 e. The maximum atomic E-state index is 11.9. The van der Waals surface area contributed by atoms with Gasteiger partial charge in [0.25, 0.3) is 5.56 Å². The first-order chi connectivity index (χ1) is 7.25. The molecule has 3 heterocycles. The highest BCUT2D eigenvalue weighted by atomic mass is 127. The Morgan fingerprint density at radius 2 is 2.33 bits per heavy atom. The fourth-order valence-electron chi connectivity index (χ4n) is 1.68. The van der Waals surface area contributed by atoms with Crippen LogP contribution < -0.4 is 5.56 Å². The van der Waals surface area contributed by atoms with Crippen LogP contribution in [0, 0.1) is 0 Å². The second-order valence-electron chi connectivity index (χ2n) is 3.33. The van der Waals surface area contributed by atoms with Gasteiger partial charge >= 0.3 is 0 Å². The zero-order valence-electron chi connectivity index (χ0n) is 7.68. The molecule has 1 aliphatic heterocycles. The van der Waals surface area contributed by atoms with Gasteiger partial charge < -0.3 is 4.42 Å². The first-order valence-electron chi connectivity index (χ1n) is 4.49. The van der Waals surface area contributed by atoms with Gasteiger partial charge in [0.2, 0.25) is 11.2 Å². The Morgan fingerprint density at radius 1 is 1.47 bits per heavy atom. The summed E-state index contributed by atoms with van der Waals surface area (Å²) in [6, 6.07) is 0. The summed E-state index contributed by atoms with van der Waals surface area (Å²) in [5.74, 6) is 0.752. The van der Waals surface area contributed by atoms with E-state index in [1.165, 1.54) is 6.39 Å². The third-order valence-corrected chi connectivity index (χ3v) is 3.24. The van der Waals surface area contributed by atoms with E-state index >= 15 is 0 Å². The molecule has 0 spiro atoms. The molecule has 2 aromatic heterocycles. The average Bonchev–Trinajstić information content (AvgIpc) is 2.65. The number of hydrogen-bond acceptors (Lipinski definition) is 5. The quantitative estimate of drug-likeness (QED) is 0.524. The van der Waals surface area contributed by atoms with Crippen molar-refractivity contribution in [2.24, 2.45) is 0 Å². The molecule has 2 aromatic rings. The first kappa shape index (κ1) is 9.28. The molecule has 15 heavy (non-hydrogen) atoms. The van der Waals surface area contributed by atoms with E-state index in [1.54, 1.807) is 4.57 Å². The van der Waals surface area contributed by atoms with Gasteiger partial charge in [0, 0.05) is 36.0 Å². The molecule has 0 aliphatic carbocycles. The van der Waals surface area contributed by atoms with Crippen LogP contribution in [0.3, 0.4) is 0 Å². The minimum absolute atomic E-state index is 0.128. The molecular formula is C8H7IN4O2. The van der Waals surface area contributed by atoms with Crippen molar-refractivity contribution in [1.82, 2.24) is 17.6 Å². The van der Waals surface area contributed by atoms with E-state index in [4.69, 9.17) is 4.42 Å². The number of nitrogens with zero attached hydrogens (tertiary/aromatic N) is 4. The van der Waals surface area contributed by atoms with Crippen LogP contribution in [0.5, 0.6) is 0 Å². The fraction of sp³-hybridized carbons (Fsp3) is 0.375. The first-order valence-corrected chi connectivity index (χ1v) is 5.46. The smallest absolute Gasteiger partial charge is 0.299 e. The molecule has 7 heteroatoms. The van der Waals surface area contributed by atoms with Gasteiger partial charge in [-0.1, -0.05) is 0 Å². The predicted molar refractivity (Wildman–Crippen MR) is 60.5 cm³/mol. The molecule has 0 unspecified atom stereocenters. The third-order valence-electron chi connectivity index (χ3n) is 2.41. The molecule has 0 bridgehead atoms. The number of halogens is 1. The summed E-state index contributed by atoms with van der Waals surface area (Å²) in [5, 5.41) is 0. The highest BCUT2D eigenvalue weighted by Crippen LogP contribution is 2.14. The molecule has 0 amide bonds. The Morgan fingerprint density at radius 3 is 3.20 bits per heavy atom. The van der Waals surface area contributed by atoms with E-state index < -0.39 is 0 Å². The summed E-state index contributed by atoms with van der Waals surface area (Å²) in [6.45, 7) is 2.16. The standard InChI is InChI=1S/C8H7IN4O2/c9-12-1-2-13-5(3-12)11-7-6(8(13)14)15-4-10-7/h4H,1-3H2. The van der Waals surface area contributed by atoms with Gasteiger partial charge in [-0.15, -0.1) is 0 Å². The van der Waals surface area contributed by atoms with E-state index in [0.29, 0.717) is 18.7 Å². The van der Waals surface area contributed by atoms with Gasteiger partial charge in [0.05, 0.1) is 6.54 Å².